The summed E-state index contributed by atoms with van der Waals surface area (Å²) in [6.07, 6.45) is 0.981. The third-order valence-electron chi connectivity index (χ3n) is 3.78. The summed E-state index contributed by atoms with van der Waals surface area (Å²) in [5.41, 5.74) is 0. The first-order valence-corrected chi connectivity index (χ1v) is 6.41. The smallest absolute Gasteiger partial charge is 0.317 e. The molecule has 6 nitrogen and oxygen atoms in total. The largest absolute Gasteiger partial charge is 0.481 e. The van der Waals surface area contributed by atoms with E-state index in [-0.39, 0.29) is 11.9 Å². The minimum absolute atomic E-state index is 0.0167. The van der Waals surface area contributed by atoms with E-state index in [4.69, 9.17) is 9.84 Å². The van der Waals surface area contributed by atoms with Crippen LogP contribution >= 0.6 is 0 Å². The van der Waals surface area contributed by atoms with E-state index in [0.717, 1.165) is 13.0 Å². The number of urea groups is 1. The first kappa shape index (κ1) is 13.1. The summed E-state index contributed by atoms with van der Waals surface area (Å²) in [5.74, 6) is -0.847. The molecular weight excluding hydrogens is 236 g/mol. The molecule has 0 aromatic rings. The number of aliphatic carboxylic acids is 1. The van der Waals surface area contributed by atoms with Gasteiger partial charge in [-0.1, -0.05) is 6.92 Å². The summed E-state index contributed by atoms with van der Waals surface area (Å²) in [4.78, 5) is 24.5. The van der Waals surface area contributed by atoms with Crippen LogP contribution in [0.3, 0.4) is 0 Å². The summed E-state index contributed by atoms with van der Waals surface area (Å²) >= 11 is 0. The molecule has 102 valence electrons. The minimum Gasteiger partial charge on any atom is -0.481 e. The second-order valence-corrected chi connectivity index (χ2v) is 5.24. The maximum atomic E-state index is 11.9. The van der Waals surface area contributed by atoms with E-state index in [1.54, 1.807) is 4.90 Å². The number of carboxylic acid groups (broad SMARTS) is 1. The van der Waals surface area contributed by atoms with Gasteiger partial charge in [-0.2, -0.15) is 0 Å². The molecule has 3 atom stereocenters. The molecule has 0 radical (unpaired) electrons. The predicted molar refractivity (Wildman–Crippen MR) is 64.2 cm³/mol. The molecule has 0 bridgehead atoms. The molecule has 6 heteroatoms. The fraction of sp³-hybridized carbons (Fsp3) is 0.833. The van der Waals surface area contributed by atoms with Gasteiger partial charge in [0.1, 0.15) is 0 Å². The van der Waals surface area contributed by atoms with Crippen molar-refractivity contribution >= 4 is 12.0 Å². The molecule has 2 amide bonds. The molecule has 18 heavy (non-hydrogen) atoms. The number of nitrogens with one attached hydrogen (secondary N) is 1. The third kappa shape index (κ3) is 2.93. The fourth-order valence-electron chi connectivity index (χ4n) is 2.54. The SMILES string of the molecule is CC1CN(C(=O)NCC2CCOC2)CC1C(=O)O. The summed E-state index contributed by atoms with van der Waals surface area (Å²) in [6.45, 7) is 4.78. The molecule has 0 spiro atoms. The predicted octanol–water partition coefficient (Wildman–Crippen LogP) is 0.385. The van der Waals surface area contributed by atoms with Crippen molar-refractivity contribution in [3.63, 3.8) is 0 Å². The summed E-state index contributed by atoms with van der Waals surface area (Å²) < 4.78 is 5.24. The Balaban J connectivity index is 1.77. The Bertz CT molecular complexity index is 328. The summed E-state index contributed by atoms with van der Waals surface area (Å²) in [5, 5.41) is 11.9. The molecule has 2 rings (SSSR count). The quantitative estimate of drug-likeness (QED) is 0.765. The van der Waals surface area contributed by atoms with E-state index in [9.17, 15) is 9.59 Å². The van der Waals surface area contributed by atoms with Crippen molar-refractivity contribution in [1.29, 1.82) is 0 Å². The van der Waals surface area contributed by atoms with Crippen molar-refractivity contribution in [1.82, 2.24) is 10.2 Å². The van der Waals surface area contributed by atoms with E-state index in [0.29, 0.717) is 32.2 Å². The van der Waals surface area contributed by atoms with Gasteiger partial charge in [0.05, 0.1) is 12.5 Å². The molecule has 3 unspecified atom stereocenters. The van der Waals surface area contributed by atoms with E-state index >= 15 is 0 Å². The van der Waals surface area contributed by atoms with Crippen LogP contribution in [-0.2, 0) is 9.53 Å². The molecule has 2 saturated heterocycles. The van der Waals surface area contributed by atoms with Gasteiger partial charge >= 0.3 is 12.0 Å². The molecule has 2 heterocycles. The Morgan fingerprint density at radius 2 is 2.22 bits per heavy atom. The Hall–Kier alpha value is -1.30. The second-order valence-electron chi connectivity index (χ2n) is 5.24. The maximum absolute atomic E-state index is 11.9. The fourth-order valence-corrected chi connectivity index (χ4v) is 2.54. The van der Waals surface area contributed by atoms with Gasteiger partial charge in [-0.15, -0.1) is 0 Å². The first-order chi connectivity index (χ1) is 8.58. The zero-order valence-corrected chi connectivity index (χ0v) is 10.6. The molecule has 2 fully saturated rings. The number of ether oxygens (including phenoxy) is 1. The number of likely N-dealkylation sites (tertiary alicyclic amines) is 1. The molecule has 2 aliphatic heterocycles. The number of amides is 2. The van der Waals surface area contributed by atoms with Crippen molar-refractivity contribution in [3.8, 4) is 0 Å². The normalized spacial score (nSPS) is 31.6. The minimum atomic E-state index is -0.818. The number of carboxylic acids is 1. The van der Waals surface area contributed by atoms with Gasteiger partial charge in [-0.05, 0) is 12.3 Å². The molecule has 0 saturated carbocycles. The van der Waals surface area contributed by atoms with Gasteiger partial charge in [-0.25, -0.2) is 4.79 Å². The number of hydrogen-bond acceptors (Lipinski definition) is 3. The van der Waals surface area contributed by atoms with Crippen LogP contribution in [0.5, 0.6) is 0 Å². The van der Waals surface area contributed by atoms with Crippen LogP contribution in [0.2, 0.25) is 0 Å². The Kier molecular flexibility index (Phi) is 4.06. The van der Waals surface area contributed by atoms with Crippen molar-refractivity contribution in [3.05, 3.63) is 0 Å². The molecule has 0 aliphatic carbocycles. The summed E-state index contributed by atoms with van der Waals surface area (Å²) in [6, 6.07) is -0.155. The topological polar surface area (TPSA) is 78.9 Å². The zero-order valence-electron chi connectivity index (χ0n) is 10.6. The van der Waals surface area contributed by atoms with Gasteiger partial charge in [0.2, 0.25) is 0 Å². The van der Waals surface area contributed by atoms with Gasteiger partial charge in [0.25, 0.3) is 0 Å². The van der Waals surface area contributed by atoms with Crippen LogP contribution in [0.15, 0.2) is 0 Å². The van der Waals surface area contributed by atoms with E-state index in [1.165, 1.54) is 0 Å². The number of nitrogens with zero attached hydrogens (tertiary/aromatic N) is 1. The first-order valence-electron chi connectivity index (χ1n) is 6.41. The number of hydrogen-bond donors (Lipinski definition) is 2. The van der Waals surface area contributed by atoms with E-state index in [1.807, 2.05) is 6.92 Å². The van der Waals surface area contributed by atoms with Gasteiger partial charge in [-0.3, -0.25) is 4.79 Å². The highest BCUT2D eigenvalue weighted by atomic mass is 16.5. The lowest BCUT2D eigenvalue weighted by atomic mass is 9.99. The highest BCUT2D eigenvalue weighted by Gasteiger charge is 2.37. The van der Waals surface area contributed by atoms with Crippen LogP contribution in [-0.4, -0.2) is 54.9 Å². The lowest BCUT2D eigenvalue weighted by Crippen LogP contribution is -2.41. The van der Waals surface area contributed by atoms with E-state index in [2.05, 4.69) is 5.32 Å². The maximum Gasteiger partial charge on any atom is 0.317 e. The third-order valence-corrected chi connectivity index (χ3v) is 3.78. The lowest BCUT2D eigenvalue weighted by molar-refractivity contribution is -0.142. The average molecular weight is 256 g/mol. The monoisotopic (exact) mass is 256 g/mol. The van der Waals surface area contributed by atoms with Crippen molar-refractivity contribution in [2.75, 3.05) is 32.8 Å². The van der Waals surface area contributed by atoms with Crippen molar-refractivity contribution in [2.45, 2.75) is 13.3 Å². The molecule has 0 aromatic carbocycles. The van der Waals surface area contributed by atoms with Gasteiger partial charge < -0.3 is 20.1 Å². The van der Waals surface area contributed by atoms with Crippen LogP contribution in [0.1, 0.15) is 13.3 Å². The average Bonchev–Trinajstić information content (AvgIpc) is 2.94. The van der Waals surface area contributed by atoms with Crippen LogP contribution in [0.4, 0.5) is 4.79 Å². The molecule has 2 N–H and O–H groups in total. The summed E-state index contributed by atoms with van der Waals surface area (Å²) in [7, 11) is 0. The number of carbonyl (C=O) groups excluding carboxylic acids is 1. The van der Waals surface area contributed by atoms with Crippen molar-refractivity contribution in [2.24, 2.45) is 17.8 Å². The second kappa shape index (κ2) is 5.56. The van der Waals surface area contributed by atoms with Gasteiger partial charge in [0, 0.05) is 32.2 Å². The standard InChI is InChI=1S/C12H20N2O4/c1-8-5-14(6-10(8)11(15)16)12(17)13-4-9-2-3-18-7-9/h8-10H,2-7H2,1H3,(H,13,17)(H,15,16). The zero-order chi connectivity index (χ0) is 13.1. The van der Waals surface area contributed by atoms with Crippen LogP contribution < -0.4 is 5.32 Å². The molecule has 0 aromatic heterocycles. The number of carbonyl (C=O) groups is 2. The Labute approximate surface area is 106 Å². The highest BCUT2D eigenvalue weighted by molar-refractivity contribution is 5.77. The Morgan fingerprint density at radius 3 is 2.78 bits per heavy atom. The van der Waals surface area contributed by atoms with Gasteiger partial charge in [0.15, 0.2) is 0 Å². The van der Waals surface area contributed by atoms with E-state index < -0.39 is 11.9 Å². The van der Waals surface area contributed by atoms with Crippen LogP contribution in [0.25, 0.3) is 0 Å². The van der Waals surface area contributed by atoms with Crippen molar-refractivity contribution < 1.29 is 19.4 Å². The molecule has 2 aliphatic rings. The molecular formula is C12H20N2O4. The Morgan fingerprint density at radius 1 is 1.44 bits per heavy atom. The number of rotatable bonds is 3. The highest BCUT2D eigenvalue weighted by Crippen LogP contribution is 2.23. The lowest BCUT2D eigenvalue weighted by Gasteiger charge is -2.18. The van der Waals surface area contributed by atoms with Crippen LogP contribution in [0, 0.1) is 17.8 Å².